The van der Waals surface area contributed by atoms with Crippen molar-refractivity contribution >= 4 is 19.7 Å². The van der Waals surface area contributed by atoms with Gasteiger partial charge in [-0.3, -0.25) is 0 Å². The molecule has 0 spiro atoms. The van der Waals surface area contributed by atoms with Gasteiger partial charge in [0.2, 0.25) is 9.05 Å². The van der Waals surface area contributed by atoms with Gasteiger partial charge in [-0.1, -0.05) is 6.92 Å². The maximum Gasteiger partial charge on any atom is 0.232 e. The van der Waals surface area contributed by atoms with Crippen LogP contribution in [0.5, 0.6) is 0 Å². The van der Waals surface area contributed by atoms with Gasteiger partial charge in [-0.25, -0.2) is 8.42 Å². The van der Waals surface area contributed by atoms with Crippen molar-refractivity contribution < 1.29 is 17.9 Å². The third-order valence-corrected chi connectivity index (χ3v) is 3.23. The highest BCUT2D eigenvalue weighted by Crippen LogP contribution is 2.11. The molecule has 0 aromatic heterocycles. The van der Waals surface area contributed by atoms with E-state index in [1.54, 1.807) is 7.11 Å². The number of methoxy groups -OCH3 is 1. The zero-order chi connectivity index (χ0) is 11.7. The van der Waals surface area contributed by atoms with Gasteiger partial charge >= 0.3 is 0 Å². The van der Waals surface area contributed by atoms with E-state index in [9.17, 15) is 8.42 Å². The lowest BCUT2D eigenvalue weighted by molar-refractivity contribution is 0.0644. The van der Waals surface area contributed by atoms with E-state index in [1.165, 1.54) is 0 Å². The molecule has 0 aromatic rings. The van der Waals surface area contributed by atoms with Crippen molar-refractivity contribution in [2.75, 3.05) is 32.7 Å². The summed E-state index contributed by atoms with van der Waals surface area (Å²) >= 11 is 0. The van der Waals surface area contributed by atoms with Crippen LogP contribution in [0.1, 0.15) is 19.8 Å². The van der Waals surface area contributed by atoms with Crippen LogP contribution in [0.4, 0.5) is 0 Å². The summed E-state index contributed by atoms with van der Waals surface area (Å²) in [7, 11) is 3.38. The predicted octanol–water partition coefficient (Wildman–Crippen LogP) is 1.63. The molecular weight excluding hydrogens is 240 g/mol. The number of halogens is 1. The van der Waals surface area contributed by atoms with E-state index in [0.29, 0.717) is 32.2 Å². The summed E-state index contributed by atoms with van der Waals surface area (Å²) < 4.78 is 31.4. The van der Waals surface area contributed by atoms with E-state index in [-0.39, 0.29) is 5.75 Å². The van der Waals surface area contributed by atoms with Crippen molar-refractivity contribution in [3.05, 3.63) is 0 Å². The Kier molecular flexibility index (Phi) is 8.42. The molecule has 1 atom stereocenters. The number of hydrogen-bond donors (Lipinski definition) is 0. The van der Waals surface area contributed by atoms with Gasteiger partial charge in [0.1, 0.15) is 0 Å². The van der Waals surface area contributed by atoms with Crippen LogP contribution in [0.25, 0.3) is 0 Å². The van der Waals surface area contributed by atoms with E-state index >= 15 is 0 Å². The molecule has 1 unspecified atom stereocenters. The first-order chi connectivity index (χ1) is 6.95. The second-order valence-corrected chi connectivity index (χ2v) is 6.43. The van der Waals surface area contributed by atoms with Crippen LogP contribution in [0, 0.1) is 5.92 Å². The molecule has 15 heavy (non-hydrogen) atoms. The molecule has 6 heteroatoms. The minimum absolute atomic E-state index is 0.0355. The van der Waals surface area contributed by atoms with Crippen LogP contribution >= 0.6 is 10.7 Å². The summed E-state index contributed by atoms with van der Waals surface area (Å²) in [5.74, 6) is 0.342. The Morgan fingerprint density at radius 3 is 2.40 bits per heavy atom. The quantitative estimate of drug-likeness (QED) is 0.466. The minimum Gasteiger partial charge on any atom is -0.382 e. The summed E-state index contributed by atoms with van der Waals surface area (Å²) in [4.78, 5) is 0. The predicted molar refractivity (Wildman–Crippen MR) is 60.7 cm³/mol. The Morgan fingerprint density at radius 1 is 1.20 bits per heavy atom. The van der Waals surface area contributed by atoms with Gasteiger partial charge in [-0.15, -0.1) is 0 Å². The molecule has 0 radical (unpaired) electrons. The molecule has 0 aliphatic rings. The fourth-order valence-corrected chi connectivity index (χ4v) is 1.97. The van der Waals surface area contributed by atoms with Crippen molar-refractivity contribution in [3.8, 4) is 0 Å². The largest absolute Gasteiger partial charge is 0.382 e. The lowest BCUT2D eigenvalue weighted by Crippen LogP contribution is -2.09. The number of rotatable bonds is 9. The molecule has 0 heterocycles. The molecule has 0 aliphatic heterocycles. The van der Waals surface area contributed by atoms with Crippen LogP contribution in [-0.4, -0.2) is 41.1 Å². The van der Waals surface area contributed by atoms with Crippen molar-refractivity contribution in [2.24, 2.45) is 5.92 Å². The van der Waals surface area contributed by atoms with Gasteiger partial charge in [0.25, 0.3) is 0 Å². The third-order valence-electron chi connectivity index (χ3n) is 2.04. The second-order valence-electron chi connectivity index (χ2n) is 3.53. The van der Waals surface area contributed by atoms with Crippen LogP contribution in [-0.2, 0) is 18.5 Å². The van der Waals surface area contributed by atoms with Gasteiger partial charge in [0.15, 0.2) is 0 Å². The SMILES string of the molecule is COCCOCCC(C)CCS(=O)(=O)Cl. The maximum absolute atomic E-state index is 10.7. The molecule has 0 saturated carbocycles. The van der Waals surface area contributed by atoms with Crippen molar-refractivity contribution in [1.82, 2.24) is 0 Å². The van der Waals surface area contributed by atoms with E-state index in [4.69, 9.17) is 20.2 Å². The van der Waals surface area contributed by atoms with Crippen molar-refractivity contribution in [2.45, 2.75) is 19.8 Å². The third kappa shape index (κ3) is 12.1. The van der Waals surface area contributed by atoms with E-state index < -0.39 is 9.05 Å². The van der Waals surface area contributed by atoms with Crippen molar-refractivity contribution in [1.29, 1.82) is 0 Å². The van der Waals surface area contributed by atoms with Gasteiger partial charge < -0.3 is 9.47 Å². The summed E-state index contributed by atoms with van der Waals surface area (Å²) in [5.41, 5.74) is 0. The summed E-state index contributed by atoms with van der Waals surface area (Å²) in [6.07, 6.45) is 1.43. The molecule has 92 valence electrons. The van der Waals surface area contributed by atoms with Gasteiger partial charge in [0.05, 0.1) is 19.0 Å². The molecule has 0 bridgehead atoms. The van der Waals surface area contributed by atoms with Crippen LogP contribution < -0.4 is 0 Å². The summed E-state index contributed by atoms with van der Waals surface area (Å²) in [6, 6.07) is 0. The maximum atomic E-state index is 10.7. The average Bonchev–Trinajstić information content (AvgIpc) is 2.13. The highest BCUT2D eigenvalue weighted by molar-refractivity contribution is 8.13. The first-order valence-electron chi connectivity index (χ1n) is 4.94. The van der Waals surface area contributed by atoms with Crippen molar-refractivity contribution in [3.63, 3.8) is 0 Å². The zero-order valence-electron chi connectivity index (χ0n) is 9.24. The van der Waals surface area contributed by atoms with Gasteiger partial charge in [-0.05, 0) is 18.8 Å². The van der Waals surface area contributed by atoms with E-state index in [0.717, 1.165) is 6.42 Å². The summed E-state index contributed by atoms with van der Waals surface area (Å²) in [6.45, 7) is 3.79. The molecule has 0 aromatic carbocycles. The first-order valence-corrected chi connectivity index (χ1v) is 7.42. The smallest absolute Gasteiger partial charge is 0.232 e. The first kappa shape index (κ1) is 15.2. The Bertz CT molecular complexity index is 240. The van der Waals surface area contributed by atoms with E-state index in [2.05, 4.69) is 0 Å². The van der Waals surface area contributed by atoms with Crippen LogP contribution in [0.3, 0.4) is 0 Å². The van der Waals surface area contributed by atoms with E-state index in [1.807, 2.05) is 6.92 Å². The number of ether oxygens (including phenoxy) is 2. The normalized spacial score (nSPS) is 14.1. The standard InChI is InChI=1S/C9H19ClO4S/c1-9(4-8-15(10,11)12)3-5-14-7-6-13-2/h9H,3-8H2,1-2H3. The minimum atomic E-state index is -3.35. The molecule has 0 rings (SSSR count). The fraction of sp³-hybridized carbons (Fsp3) is 1.00. The molecule has 0 saturated heterocycles. The van der Waals surface area contributed by atoms with Crippen LogP contribution in [0.2, 0.25) is 0 Å². The Balaban J connectivity index is 3.37. The summed E-state index contributed by atoms with van der Waals surface area (Å²) in [5, 5.41) is 0. The van der Waals surface area contributed by atoms with Crippen LogP contribution in [0.15, 0.2) is 0 Å². The highest BCUT2D eigenvalue weighted by Gasteiger charge is 2.09. The Hall–Kier alpha value is 0.160. The van der Waals surface area contributed by atoms with Gasteiger partial charge in [-0.2, -0.15) is 0 Å². The average molecular weight is 259 g/mol. The Labute approximate surface area is 96.3 Å². The highest BCUT2D eigenvalue weighted by atomic mass is 35.7. The molecule has 0 N–H and O–H groups in total. The fourth-order valence-electron chi connectivity index (χ4n) is 1.02. The molecule has 4 nitrogen and oxygen atoms in total. The van der Waals surface area contributed by atoms with Gasteiger partial charge in [0, 0.05) is 24.4 Å². The molecule has 0 amide bonds. The topological polar surface area (TPSA) is 52.6 Å². The Morgan fingerprint density at radius 2 is 1.87 bits per heavy atom. The zero-order valence-corrected chi connectivity index (χ0v) is 10.8. The number of hydrogen-bond acceptors (Lipinski definition) is 4. The lowest BCUT2D eigenvalue weighted by Gasteiger charge is -2.10. The lowest BCUT2D eigenvalue weighted by atomic mass is 10.1. The second kappa shape index (κ2) is 8.33. The molecular formula is C9H19ClO4S. The molecule has 0 fully saturated rings. The monoisotopic (exact) mass is 258 g/mol. The molecule has 0 aliphatic carbocycles.